The van der Waals surface area contributed by atoms with Crippen molar-refractivity contribution in [1.29, 1.82) is 0 Å². The van der Waals surface area contributed by atoms with E-state index in [1.54, 1.807) is 0 Å². The summed E-state index contributed by atoms with van der Waals surface area (Å²) < 4.78 is 5.98. The van der Waals surface area contributed by atoms with Gasteiger partial charge in [-0.15, -0.1) is 0 Å². The summed E-state index contributed by atoms with van der Waals surface area (Å²) >= 11 is 0. The Labute approximate surface area is 103 Å². The van der Waals surface area contributed by atoms with E-state index >= 15 is 0 Å². The van der Waals surface area contributed by atoms with Gasteiger partial charge >= 0.3 is 5.97 Å². The van der Waals surface area contributed by atoms with Crippen LogP contribution >= 0.6 is 0 Å². The van der Waals surface area contributed by atoms with E-state index in [2.05, 4.69) is 4.90 Å². The molecule has 2 heterocycles. The van der Waals surface area contributed by atoms with Gasteiger partial charge in [0.05, 0.1) is 5.60 Å². The average Bonchev–Trinajstić information content (AvgIpc) is 2.30. The van der Waals surface area contributed by atoms with Crippen molar-refractivity contribution in [2.75, 3.05) is 19.7 Å². The van der Waals surface area contributed by atoms with Gasteiger partial charge < -0.3 is 9.84 Å². The van der Waals surface area contributed by atoms with Crippen LogP contribution in [0.4, 0.5) is 0 Å². The number of ether oxygens (including phenoxy) is 1. The van der Waals surface area contributed by atoms with Crippen LogP contribution in [0.15, 0.2) is 0 Å². The molecule has 17 heavy (non-hydrogen) atoms. The van der Waals surface area contributed by atoms with Crippen molar-refractivity contribution in [3.8, 4) is 0 Å². The van der Waals surface area contributed by atoms with Crippen molar-refractivity contribution in [1.82, 2.24) is 4.90 Å². The molecular formula is C13H23NO3. The number of aliphatic carboxylic acids is 1. The van der Waals surface area contributed by atoms with Crippen LogP contribution in [0.1, 0.15) is 45.4 Å². The van der Waals surface area contributed by atoms with E-state index in [1.807, 2.05) is 6.92 Å². The largest absolute Gasteiger partial charge is 0.480 e. The van der Waals surface area contributed by atoms with Crippen LogP contribution in [0, 0.1) is 0 Å². The molecule has 0 aromatic rings. The standard InChI is InChI=1S/C13H23NO3/c1-2-11(12(15)16)14-8-5-7-13(10-14)6-3-4-9-17-13/h11H,2-10H2,1H3,(H,15,16)/t11-,13-/m1/s1. The third-order valence-electron chi connectivity index (χ3n) is 4.12. The van der Waals surface area contributed by atoms with Crippen LogP contribution in [0.5, 0.6) is 0 Å². The van der Waals surface area contributed by atoms with E-state index in [1.165, 1.54) is 6.42 Å². The quantitative estimate of drug-likeness (QED) is 0.819. The molecule has 4 heteroatoms. The topological polar surface area (TPSA) is 49.8 Å². The number of carbonyl (C=O) groups is 1. The van der Waals surface area contributed by atoms with Gasteiger partial charge in [-0.05, 0) is 45.1 Å². The van der Waals surface area contributed by atoms with Crippen LogP contribution in [0.25, 0.3) is 0 Å². The Morgan fingerprint density at radius 2 is 2.18 bits per heavy atom. The van der Waals surface area contributed by atoms with Crippen molar-refractivity contribution < 1.29 is 14.6 Å². The van der Waals surface area contributed by atoms with Gasteiger partial charge in [-0.3, -0.25) is 9.69 Å². The number of nitrogens with zero attached hydrogens (tertiary/aromatic N) is 1. The Morgan fingerprint density at radius 1 is 1.41 bits per heavy atom. The molecule has 2 rings (SSSR count). The molecule has 4 nitrogen and oxygen atoms in total. The normalized spacial score (nSPS) is 32.5. The highest BCUT2D eigenvalue weighted by Crippen LogP contribution is 2.34. The molecule has 0 amide bonds. The number of piperidine rings is 1. The SMILES string of the molecule is CC[C@H](C(=O)O)N1CCC[C@]2(CCCCO2)C1. The van der Waals surface area contributed by atoms with E-state index < -0.39 is 5.97 Å². The number of likely N-dealkylation sites (tertiary alicyclic amines) is 1. The summed E-state index contributed by atoms with van der Waals surface area (Å²) in [4.78, 5) is 13.3. The summed E-state index contributed by atoms with van der Waals surface area (Å²) in [5.74, 6) is -0.694. The summed E-state index contributed by atoms with van der Waals surface area (Å²) in [7, 11) is 0. The zero-order valence-electron chi connectivity index (χ0n) is 10.7. The first-order valence-corrected chi connectivity index (χ1v) is 6.78. The Kier molecular flexibility index (Phi) is 4.05. The smallest absolute Gasteiger partial charge is 0.320 e. The molecule has 0 unspecified atom stereocenters. The zero-order chi connectivity index (χ0) is 12.3. The third kappa shape index (κ3) is 2.80. The highest BCUT2D eigenvalue weighted by atomic mass is 16.5. The monoisotopic (exact) mass is 241 g/mol. The number of hydrogen-bond acceptors (Lipinski definition) is 3. The fraction of sp³-hybridized carbons (Fsp3) is 0.923. The predicted octanol–water partition coefficient (Wildman–Crippen LogP) is 1.88. The molecule has 0 aliphatic carbocycles. The maximum absolute atomic E-state index is 11.2. The molecule has 2 aliphatic rings. The fourth-order valence-corrected chi connectivity index (χ4v) is 3.22. The summed E-state index contributed by atoms with van der Waals surface area (Å²) in [5, 5.41) is 9.23. The predicted molar refractivity (Wildman–Crippen MR) is 65.1 cm³/mol. The van der Waals surface area contributed by atoms with Crippen LogP contribution < -0.4 is 0 Å². The molecule has 2 fully saturated rings. The molecule has 98 valence electrons. The molecule has 2 atom stereocenters. The minimum atomic E-state index is -0.694. The lowest BCUT2D eigenvalue weighted by molar-refractivity contribution is -0.152. The second-order valence-electron chi connectivity index (χ2n) is 5.32. The minimum Gasteiger partial charge on any atom is -0.480 e. The van der Waals surface area contributed by atoms with Crippen molar-refractivity contribution in [2.24, 2.45) is 0 Å². The first-order chi connectivity index (χ1) is 8.17. The lowest BCUT2D eigenvalue weighted by Gasteiger charge is -2.46. The Hall–Kier alpha value is -0.610. The minimum absolute atomic E-state index is 0.0423. The zero-order valence-corrected chi connectivity index (χ0v) is 10.7. The van der Waals surface area contributed by atoms with Gasteiger partial charge in [-0.1, -0.05) is 6.92 Å². The molecule has 0 bridgehead atoms. The molecule has 1 spiro atoms. The number of hydrogen-bond donors (Lipinski definition) is 1. The molecular weight excluding hydrogens is 218 g/mol. The van der Waals surface area contributed by atoms with Crippen LogP contribution in [-0.4, -0.2) is 47.3 Å². The van der Waals surface area contributed by atoms with Crippen molar-refractivity contribution >= 4 is 5.97 Å². The van der Waals surface area contributed by atoms with E-state index in [-0.39, 0.29) is 11.6 Å². The van der Waals surface area contributed by atoms with Crippen molar-refractivity contribution in [3.05, 3.63) is 0 Å². The number of rotatable bonds is 3. The molecule has 0 aromatic heterocycles. The molecule has 0 radical (unpaired) electrons. The van der Waals surface area contributed by atoms with Gasteiger partial charge in [0.15, 0.2) is 0 Å². The maximum atomic E-state index is 11.2. The van der Waals surface area contributed by atoms with Crippen molar-refractivity contribution in [3.63, 3.8) is 0 Å². The highest BCUT2D eigenvalue weighted by molar-refractivity contribution is 5.73. The van der Waals surface area contributed by atoms with Crippen LogP contribution in [0.2, 0.25) is 0 Å². The average molecular weight is 241 g/mol. The van der Waals surface area contributed by atoms with Gasteiger partial charge in [-0.25, -0.2) is 0 Å². The summed E-state index contributed by atoms with van der Waals surface area (Å²) in [5.41, 5.74) is -0.0423. The number of carboxylic acids is 1. The van der Waals surface area contributed by atoms with Gasteiger partial charge in [0.2, 0.25) is 0 Å². The molecule has 2 saturated heterocycles. The van der Waals surface area contributed by atoms with E-state index in [4.69, 9.17) is 4.74 Å². The Bertz CT molecular complexity index is 268. The second kappa shape index (κ2) is 5.36. The van der Waals surface area contributed by atoms with Gasteiger partial charge in [0.1, 0.15) is 6.04 Å². The summed E-state index contributed by atoms with van der Waals surface area (Å²) in [6, 6.07) is -0.335. The van der Waals surface area contributed by atoms with E-state index in [0.29, 0.717) is 6.42 Å². The van der Waals surface area contributed by atoms with Gasteiger partial charge in [-0.2, -0.15) is 0 Å². The Balaban J connectivity index is 2.02. The summed E-state index contributed by atoms with van der Waals surface area (Å²) in [6.45, 7) is 4.49. The van der Waals surface area contributed by atoms with Crippen LogP contribution in [-0.2, 0) is 9.53 Å². The number of carboxylic acid groups (broad SMARTS) is 1. The van der Waals surface area contributed by atoms with E-state index in [0.717, 1.165) is 45.4 Å². The molecule has 0 aromatic carbocycles. The fourth-order valence-electron chi connectivity index (χ4n) is 3.22. The first-order valence-electron chi connectivity index (χ1n) is 6.78. The maximum Gasteiger partial charge on any atom is 0.320 e. The molecule has 0 saturated carbocycles. The van der Waals surface area contributed by atoms with Gasteiger partial charge in [0, 0.05) is 13.2 Å². The third-order valence-corrected chi connectivity index (χ3v) is 4.12. The Morgan fingerprint density at radius 3 is 2.76 bits per heavy atom. The summed E-state index contributed by atoms with van der Waals surface area (Å²) in [6.07, 6.45) is 6.30. The molecule has 1 N–H and O–H groups in total. The molecule has 2 aliphatic heterocycles. The first kappa shape index (κ1) is 12.8. The second-order valence-corrected chi connectivity index (χ2v) is 5.32. The lowest BCUT2D eigenvalue weighted by Crippen LogP contribution is -2.55. The van der Waals surface area contributed by atoms with Gasteiger partial charge in [0.25, 0.3) is 0 Å². The van der Waals surface area contributed by atoms with Crippen molar-refractivity contribution in [2.45, 2.75) is 57.1 Å². The highest BCUT2D eigenvalue weighted by Gasteiger charge is 2.40. The lowest BCUT2D eigenvalue weighted by atomic mass is 9.85. The van der Waals surface area contributed by atoms with E-state index in [9.17, 15) is 9.90 Å². The van der Waals surface area contributed by atoms with Crippen LogP contribution in [0.3, 0.4) is 0 Å².